The summed E-state index contributed by atoms with van der Waals surface area (Å²) in [6.07, 6.45) is 0.995. The predicted octanol–water partition coefficient (Wildman–Crippen LogP) is 3.68. The third-order valence-electron chi connectivity index (χ3n) is 6.26. The molecule has 0 bridgehead atoms. The maximum atomic E-state index is 13.1. The zero-order valence-electron chi connectivity index (χ0n) is 22.1. The van der Waals surface area contributed by atoms with Gasteiger partial charge in [-0.05, 0) is 48.7 Å². The van der Waals surface area contributed by atoms with Crippen molar-refractivity contribution in [3.8, 4) is 11.3 Å². The van der Waals surface area contributed by atoms with E-state index in [4.69, 9.17) is 10.5 Å². The van der Waals surface area contributed by atoms with E-state index in [-0.39, 0.29) is 5.91 Å². The first-order chi connectivity index (χ1) is 18.1. The third kappa shape index (κ3) is 7.59. The minimum atomic E-state index is -0.775. The van der Waals surface area contributed by atoms with E-state index >= 15 is 0 Å². The van der Waals surface area contributed by atoms with E-state index in [1.807, 2.05) is 12.1 Å². The highest BCUT2D eigenvalue weighted by Crippen LogP contribution is 2.28. The van der Waals surface area contributed by atoms with Crippen LogP contribution < -0.4 is 11.1 Å². The molecule has 1 aliphatic rings. The van der Waals surface area contributed by atoms with Gasteiger partial charge in [-0.3, -0.25) is 14.8 Å². The number of carbonyl (C=O) groups excluding carboxylic acids is 2. The number of ether oxygens (including phenoxy) is 1. The number of nitrogens with two attached hydrogens (primary N) is 1. The number of hydrogen-bond donors (Lipinski definition) is 2. The maximum Gasteiger partial charge on any atom is 0.317 e. The zero-order chi connectivity index (χ0) is 27.8. The molecule has 1 aromatic heterocycles. The molecule has 1 aliphatic heterocycles. The minimum absolute atomic E-state index is 0.0568. The van der Waals surface area contributed by atoms with Crippen molar-refractivity contribution in [2.45, 2.75) is 12.3 Å². The van der Waals surface area contributed by atoms with Gasteiger partial charge in [-0.25, -0.2) is 13.6 Å². The van der Waals surface area contributed by atoms with E-state index in [2.05, 4.69) is 15.3 Å². The van der Waals surface area contributed by atoms with Gasteiger partial charge in [0.15, 0.2) is 11.6 Å². The van der Waals surface area contributed by atoms with Gasteiger partial charge in [0.2, 0.25) is 0 Å². The van der Waals surface area contributed by atoms with Gasteiger partial charge in [0.1, 0.15) is 5.82 Å². The van der Waals surface area contributed by atoms with Crippen LogP contribution in [0.25, 0.3) is 11.3 Å². The number of hydrogen-bond acceptors (Lipinski definition) is 5. The summed E-state index contributed by atoms with van der Waals surface area (Å²) in [5.74, 6) is -0.771. The highest BCUT2D eigenvalue weighted by Gasteiger charge is 2.24. The van der Waals surface area contributed by atoms with Gasteiger partial charge < -0.3 is 20.3 Å². The van der Waals surface area contributed by atoms with Crippen LogP contribution in [0.15, 0.2) is 48.5 Å². The third-order valence-corrected chi connectivity index (χ3v) is 6.26. The number of methoxy groups -OCH3 is 1. The maximum absolute atomic E-state index is 13.1. The molecule has 4 rings (SSSR count). The molecule has 2 aromatic carbocycles. The lowest BCUT2D eigenvalue weighted by Gasteiger charge is -2.15. The Morgan fingerprint density at radius 2 is 1.84 bits per heavy atom. The summed E-state index contributed by atoms with van der Waals surface area (Å²) >= 11 is 0. The number of halogens is 2. The second-order valence-corrected chi connectivity index (χ2v) is 9.26. The Labute approximate surface area is 221 Å². The van der Waals surface area contributed by atoms with Gasteiger partial charge >= 0.3 is 6.03 Å². The Morgan fingerprint density at radius 3 is 2.45 bits per heavy atom. The summed E-state index contributed by atoms with van der Waals surface area (Å²) < 4.78 is 32.5. The summed E-state index contributed by atoms with van der Waals surface area (Å²) in [6, 6.07) is 12.4. The van der Waals surface area contributed by atoms with Crippen LogP contribution in [-0.2, 0) is 11.8 Å². The van der Waals surface area contributed by atoms with E-state index < -0.39 is 17.7 Å². The van der Waals surface area contributed by atoms with Crippen LogP contribution >= 0.6 is 0 Å². The number of aryl methyl sites for hydroxylation is 1. The van der Waals surface area contributed by atoms with Crippen molar-refractivity contribution >= 4 is 17.8 Å². The van der Waals surface area contributed by atoms with Crippen LogP contribution in [0, 0.1) is 11.6 Å². The van der Waals surface area contributed by atoms with E-state index in [9.17, 15) is 18.4 Å². The van der Waals surface area contributed by atoms with Crippen LogP contribution in [0.4, 0.5) is 19.4 Å². The van der Waals surface area contributed by atoms with Gasteiger partial charge in [-0.2, -0.15) is 5.10 Å². The molecule has 1 fully saturated rings. The van der Waals surface area contributed by atoms with Crippen molar-refractivity contribution in [3.63, 3.8) is 0 Å². The molecule has 3 N–H and O–H groups in total. The highest BCUT2D eigenvalue weighted by atomic mass is 19.2. The molecule has 2 heterocycles. The molecule has 1 saturated heterocycles. The van der Waals surface area contributed by atoms with Gasteiger partial charge in [-0.1, -0.05) is 18.2 Å². The summed E-state index contributed by atoms with van der Waals surface area (Å²) in [5.41, 5.74) is 8.12. The Bertz CT molecular complexity index is 1250. The molecule has 3 aromatic rings. The molecular formula is C27H34F2N6O3. The summed E-state index contributed by atoms with van der Waals surface area (Å²) in [4.78, 5) is 26.5. The zero-order valence-corrected chi connectivity index (χ0v) is 22.1. The number of nitrogens with one attached hydrogen (secondary N) is 1. The average molecular weight is 529 g/mol. The number of benzene rings is 2. The van der Waals surface area contributed by atoms with Crippen LogP contribution in [0.1, 0.15) is 28.3 Å². The Balaban J connectivity index is 0.000000215. The standard InChI is InChI=1S/C14H17N5O2.C13H17F2NO/c1-18(2)13(20)10-6-4-9(5-7-10)11-8-12(16-14(15)21)19(3)17-11;1-17-7-6-16-5-4-11(9-16)10-2-3-12(14)13(15)8-10/h4-8H,1-3H3,(H3,15,16,21);2-3,8,11H,4-7,9H2,1H3. The second-order valence-electron chi connectivity index (χ2n) is 9.26. The number of nitrogens with zero attached hydrogens (tertiary/aromatic N) is 4. The molecule has 3 amide bonds. The number of likely N-dealkylation sites (tertiary alicyclic amines) is 1. The van der Waals surface area contributed by atoms with Crippen LogP contribution in [0.5, 0.6) is 0 Å². The molecule has 0 saturated carbocycles. The molecule has 0 radical (unpaired) electrons. The van der Waals surface area contributed by atoms with Crippen LogP contribution in [0.3, 0.4) is 0 Å². The molecule has 204 valence electrons. The Kier molecular flexibility index (Phi) is 9.91. The van der Waals surface area contributed by atoms with Crippen LogP contribution in [-0.4, -0.2) is 79.0 Å². The van der Waals surface area contributed by atoms with Crippen molar-refractivity contribution in [1.29, 1.82) is 0 Å². The first-order valence-corrected chi connectivity index (χ1v) is 12.2. The topological polar surface area (TPSA) is 106 Å². The van der Waals surface area contributed by atoms with E-state index in [0.29, 0.717) is 29.6 Å². The molecular weight excluding hydrogens is 494 g/mol. The number of aromatic nitrogens is 2. The largest absolute Gasteiger partial charge is 0.383 e. The first-order valence-electron chi connectivity index (χ1n) is 12.2. The normalized spacial score (nSPS) is 15.1. The molecule has 38 heavy (non-hydrogen) atoms. The summed E-state index contributed by atoms with van der Waals surface area (Å²) in [5, 5.41) is 6.78. The number of carbonyl (C=O) groups is 2. The SMILES string of the molecule is CN(C)C(=O)c1ccc(-c2cc(NC(N)=O)n(C)n2)cc1.COCCN1CCC(c2ccc(F)c(F)c2)C1. The highest BCUT2D eigenvalue weighted by molar-refractivity contribution is 5.94. The lowest BCUT2D eigenvalue weighted by Crippen LogP contribution is -2.24. The molecule has 1 atom stereocenters. The number of anilines is 1. The number of primary amides is 1. The molecule has 1 unspecified atom stereocenters. The predicted molar refractivity (Wildman–Crippen MR) is 142 cm³/mol. The van der Waals surface area contributed by atoms with E-state index in [0.717, 1.165) is 37.2 Å². The van der Waals surface area contributed by atoms with Gasteiger partial charge in [0, 0.05) is 58.5 Å². The second kappa shape index (κ2) is 13.1. The quantitative estimate of drug-likeness (QED) is 0.487. The van der Waals surface area contributed by atoms with Crippen LogP contribution in [0.2, 0.25) is 0 Å². The Morgan fingerprint density at radius 1 is 1.13 bits per heavy atom. The smallest absolute Gasteiger partial charge is 0.317 e. The fourth-order valence-corrected chi connectivity index (χ4v) is 4.19. The summed E-state index contributed by atoms with van der Waals surface area (Å²) in [7, 11) is 6.80. The van der Waals surface area contributed by atoms with E-state index in [1.54, 1.807) is 52.5 Å². The number of urea groups is 1. The van der Waals surface area contributed by atoms with Crippen molar-refractivity contribution in [1.82, 2.24) is 19.6 Å². The van der Waals surface area contributed by atoms with E-state index in [1.165, 1.54) is 21.7 Å². The van der Waals surface area contributed by atoms with Crippen molar-refractivity contribution in [2.24, 2.45) is 12.8 Å². The lowest BCUT2D eigenvalue weighted by atomic mass is 9.98. The van der Waals surface area contributed by atoms with Gasteiger partial charge in [0.25, 0.3) is 5.91 Å². The molecule has 11 heteroatoms. The fourth-order valence-electron chi connectivity index (χ4n) is 4.19. The summed E-state index contributed by atoms with van der Waals surface area (Å²) in [6.45, 7) is 3.50. The first kappa shape index (κ1) is 28.7. The van der Waals surface area contributed by atoms with Crippen molar-refractivity contribution in [2.75, 3.05) is 52.8 Å². The average Bonchev–Trinajstić information content (AvgIpc) is 3.51. The monoisotopic (exact) mass is 528 g/mol. The van der Waals surface area contributed by atoms with Gasteiger partial charge in [0.05, 0.1) is 12.3 Å². The molecule has 0 aliphatic carbocycles. The van der Waals surface area contributed by atoms with Crippen molar-refractivity contribution < 1.29 is 23.1 Å². The fraction of sp³-hybridized carbons (Fsp3) is 0.370. The number of amides is 3. The Hall–Kier alpha value is -3.83. The molecule has 9 nitrogen and oxygen atoms in total. The minimum Gasteiger partial charge on any atom is -0.383 e. The molecule has 0 spiro atoms. The number of rotatable bonds is 7. The van der Waals surface area contributed by atoms with Gasteiger partial charge in [-0.15, -0.1) is 0 Å². The van der Waals surface area contributed by atoms with Crippen molar-refractivity contribution in [3.05, 3.63) is 71.3 Å². The lowest BCUT2D eigenvalue weighted by molar-refractivity contribution is 0.0827.